The van der Waals surface area contributed by atoms with E-state index >= 15 is 0 Å². The average molecular weight is 227 g/mol. The number of benzene rings is 1. The van der Waals surface area contributed by atoms with Crippen LogP contribution >= 0.6 is 11.6 Å². The molecule has 0 amide bonds. The van der Waals surface area contributed by atoms with E-state index in [2.05, 4.69) is 0 Å². The lowest BCUT2D eigenvalue weighted by Crippen LogP contribution is -2.14. The van der Waals surface area contributed by atoms with E-state index in [-0.39, 0.29) is 0 Å². The Morgan fingerprint density at radius 2 is 1.93 bits per heavy atom. The van der Waals surface area contributed by atoms with Crippen LogP contribution in [-0.4, -0.2) is 11.8 Å². The van der Waals surface area contributed by atoms with Gasteiger partial charge < -0.3 is 4.74 Å². The normalized spacial score (nSPS) is 12.8. The van der Waals surface area contributed by atoms with Crippen LogP contribution in [0.25, 0.3) is 0 Å². The third-order valence-corrected chi connectivity index (χ3v) is 2.10. The van der Waals surface area contributed by atoms with Crippen molar-refractivity contribution in [2.75, 3.05) is 6.61 Å². The summed E-state index contributed by atoms with van der Waals surface area (Å²) in [5, 5.41) is -0.471. The molecule has 0 radical (unpaired) electrons. The van der Waals surface area contributed by atoms with E-state index in [9.17, 15) is 4.79 Å². The SMILES string of the molecule is CC(C)COC(C(=O)Cl)c1ccccc1. The van der Waals surface area contributed by atoms with Gasteiger partial charge in [-0.2, -0.15) is 0 Å². The van der Waals surface area contributed by atoms with Gasteiger partial charge in [0.05, 0.1) is 6.61 Å². The van der Waals surface area contributed by atoms with Crippen molar-refractivity contribution in [3.8, 4) is 0 Å². The van der Waals surface area contributed by atoms with Gasteiger partial charge in [0.2, 0.25) is 0 Å². The molecular weight excluding hydrogens is 212 g/mol. The van der Waals surface area contributed by atoms with E-state index in [0.717, 1.165) is 5.56 Å². The zero-order chi connectivity index (χ0) is 11.3. The van der Waals surface area contributed by atoms with Gasteiger partial charge in [0.15, 0.2) is 6.10 Å². The minimum atomic E-state index is -0.643. The summed E-state index contributed by atoms with van der Waals surface area (Å²) in [6.07, 6.45) is -0.643. The van der Waals surface area contributed by atoms with Gasteiger partial charge in [0, 0.05) is 0 Å². The molecule has 1 rings (SSSR count). The molecule has 0 aliphatic heterocycles. The molecule has 15 heavy (non-hydrogen) atoms. The zero-order valence-electron chi connectivity index (χ0n) is 8.94. The predicted molar refractivity (Wildman–Crippen MR) is 60.8 cm³/mol. The maximum atomic E-state index is 11.2. The number of carbonyl (C=O) groups is 1. The summed E-state index contributed by atoms with van der Waals surface area (Å²) in [4.78, 5) is 11.2. The molecule has 0 N–H and O–H groups in total. The van der Waals surface area contributed by atoms with Gasteiger partial charge in [0.25, 0.3) is 5.24 Å². The summed E-state index contributed by atoms with van der Waals surface area (Å²) in [6, 6.07) is 9.29. The van der Waals surface area contributed by atoms with Crippen LogP contribution in [0.1, 0.15) is 25.5 Å². The van der Waals surface area contributed by atoms with Crippen molar-refractivity contribution in [2.24, 2.45) is 5.92 Å². The second-order valence-electron chi connectivity index (χ2n) is 3.82. The first-order chi connectivity index (χ1) is 7.11. The van der Waals surface area contributed by atoms with Crippen molar-refractivity contribution in [2.45, 2.75) is 20.0 Å². The monoisotopic (exact) mass is 226 g/mol. The molecule has 0 aliphatic rings. The number of carbonyl (C=O) groups excluding carboxylic acids is 1. The van der Waals surface area contributed by atoms with Crippen molar-refractivity contribution >= 4 is 16.8 Å². The summed E-state index contributed by atoms with van der Waals surface area (Å²) in [5.74, 6) is 0.382. The van der Waals surface area contributed by atoms with Crippen LogP contribution in [0.3, 0.4) is 0 Å². The molecule has 0 bridgehead atoms. The topological polar surface area (TPSA) is 26.3 Å². The van der Waals surface area contributed by atoms with Crippen molar-refractivity contribution < 1.29 is 9.53 Å². The third-order valence-electron chi connectivity index (χ3n) is 1.90. The van der Waals surface area contributed by atoms with Crippen LogP contribution in [-0.2, 0) is 9.53 Å². The molecule has 1 atom stereocenters. The first-order valence-corrected chi connectivity index (χ1v) is 5.35. The average Bonchev–Trinajstić information content (AvgIpc) is 2.18. The Labute approximate surface area is 95.2 Å². The van der Waals surface area contributed by atoms with Gasteiger partial charge >= 0.3 is 0 Å². The fraction of sp³-hybridized carbons (Fsp3) is 0.417. The maximum Gasteiger partial charge on any atom is 0.255 e. The van der Waals surface area contributed by atoms with Gasteiger partial charge in [-0.05, 0) is 23.1 Å². The summed E-state index contributed by atoms with van der Waals surface area (Å²) in [5.41, 5.74) is 0.804. The lowest BCUT2D eigenvalue weighted by Gasteiger charge is -2.15. The lowest BCUT2D eigenvalue weighted by molar-refractivity contribution is -0.123. The molecule has 0 heterocycles. The highest BCUT2D eigenvalue weighted by molar-refractivity contribution is 6.64. The molecule has 0 fully saturated rings. The second kappa shape index (κ2) is 5.89. The number of hydrogen-bond acceptors (Lipinski definition) is 2. The van der Waals surface area contributed by atoms with Crippen LogP contribution in [0, 0.1) is 5.92 Å². The summed E-state index contributed by atoms with van der Waals surface area (Å²) in [7, 11) is 0. The molecule has 0 saturated heterocycles. The molecule has 82 valence electrons. The summed E-state index contributed by atoms with van der Waals surface area (Å²) in [6.45, 7) is 4.58. The van der Waals surface area contributed by atoms with E-state index in [0.29, 0.717) is 12.5 Å². The minimum Gasteiger partial charge on any atom is -0.364 e. The second-order valence-corrected chi connectivity index (χ2v) is 4.19. The van der Waals surface area contributed by atoms with E-state index < -0.39 is 11.3 Å². The lowest BCUT2D eigenvalue weighted by atomic mass is 10.1. The molecular formula is C12H15ClO2. The van der Waals surface area contributed by atoms with Crippen LogP contribution < -0.4 is 0 Å². The predicted octanol–water partition coefficient (Wildman–Crippen LogP) is 3.17. The smallest absolute Gasteiger partial charge is 0.255 e. The maximum absolute atomic E-state index is 11.2. The van der Waals surface area contributed by atoms with Crippen molar-refractivity contribution in [3.63, 3.8) is 0 Å². The molecule has 0 aromatic heterocycles. The van der Waals surface area contributed by atoms with Crippen LogP contribution in [0.4, 0.5) is 0 Å². The summed E-state index contributed by atoms with van der Waals surface area (Å²) >= 11 is 5.50. The fourth-order valence-corrected chi connectivity index (χ4v) is 1.40. The van der Waals surface area contributed by atoms with Crippen molar-refractivity contribution in [1.29, 1.82) is 0 Å². The Morgan fingerprint density at radius 3 is 2.40 bits per heavy atom. The molecule has 3 heteroatoms. The molecule has 1 unspecified atom stereocenters. The highest BCUT2D eigenvalue weighted by Gasteiger charge is 2.19. The third kappa shape index (κ3) is 4.02. The van der Waals surface area contributed by atoms with Gasteiger partial charge in [0.1, 0.15) is 0 Å². The summed E-state index contributed by atoms with van der Waals surface area (Å²) < 4.78 is 5.47. The molecule has 1 aromatic rings. The van der Waals surface area contributed by atoms with Gasteiger partial charge in [-0.25, -0.2) is 0 Å². The van der Waals surface area contributed by atoms with E-state index in [4.69, 9.17) is 16.3 Å². The first kappa shape index (κ1) is 12.2. The zero-order valence-corrected chi connectivity index (χ0v) is 9.70. The van der Waals surface area contributed by atoms with Crippen molar-refractivity contribution in [1.82, 2.24) is 0 Å². The van der Waals surface area contributed by atoms with Crippen LogP contribution in [0.15, 0.2) is 30.3 Å². The Hall–Kier alpha value is -0.860. The molecule has 0 spiro atoms. The number of hydrogen-bond donors (Lipinski definition) is 0. The highest BCUT2D eigenvalue weighted by Crippen LogP contribution is 2.20. The quantitative estimate of drug-likeness (QED) is 0.721. The number of halogens is 1. The Bertz CT molecular complexity index is 309. The van der Waals surface area contributed by atoms with Gasteiger partial charge in [-0.15, -0.1) is 0 Å². The van der Waals surface area contributed by atoms with Crippen LogP contribution in [0.2, 0.25) is 0 Å². The van der Waals surface area contributed by atoms with E-state index in [1.807, 2.05) is 44.2 Å². The van der Waals surface area contributed by atoms with Gasteiger partial charge in [-0.3, -0.25) is 4.79 Å². The molecule has 1 aromatic carbocycles. The number of rotatable bonds is 5. The molecule has 0 aliphatic carbocycles. The standard InChI is InChI=1S/C12H15ClO2/c1-9(2)8-15-11(12(13)14)10-6-4-3-5-7-10/h3-7,9,11H,8H2,1-2H3. The Morgan fingerprint density at radius 1 is 1.33 bits per heavy atom. The molecule has 0 saturated carbocycles. The Balaban J connectivity index is 2.71. The highest BCUT2D eigenvalue weighted by atomic mass is 35.5. The van der Waals surface area contributed by atoms with Gasteiger partial charge in [-0.1, -0.05) is 44.2 Å². The van der Waals surface area contributed by atoms with E-state index in [1.165, 1.54) is 0 Å². The molecule has 2 nitrogen and oxygen atoms in total. The minimum absolute atomic E-state index is 0.382. The van der Waals surface area contributed by atoms with Crippen molar-refractivity contribution in [3.05, 3.63) is 35.9 Å². The first-order valence-electron chi connectivity index (χ1n) is 4.97. The number of ether oxygens (including phenoxy) is 1. The fourth-order valence-electron chi connectivity index (χ4n) is 1.21. The Kier molecular flexibility index (Phi) is 4.79. The largest absolute Gasteiger partial charge is 0.364 e. The van der Waals surface area contributed by atoms with E-state index in [1.54, 1.807) is 0 Å². The van der Waals surface area contributed by atoms with Crippen LogP contribution in [0.5, 0.6) is 0 Å².